The van der Waals surface area contributed by atoms with Crippen LogP contribution in [0.4, 0.5) is 9.80 Å². The van der Waals surface area contributed by atoms with E-state index < -0.39 is 41.8 Å². The van der Waals surface area contributed by atoms with Gasteiger partial charge in [-0.25, -0.2) is 9.59 Å². The van der Waals surface area contributed by atoms with Crippen molar-refractivity contribution in [3.8, 4) is 0 Å². The molecule has 1 aliphatic rings. The molecular weight excluding hydrogens is 452 g/mol. The molecule has 5 amide bonds. The van der Waals surface area contributed by atoms with Crippen LogP contribution in [-0.4, -0.2) is 67.0 Å². The van der Waals surface area contributed by atoms with E-state index in [9.17, 15) is 24.0 Å². The van der Waals surface area contributed by atoms with Crippen molar-refractivity contribution in [2.45, 2.75) is 52.0 Å². The monoisotopic (exact) mass is 482 g/mol. The van der Waals surface area contributed by atoms with Gasteiger partial charge in [-0.15, -0.1) is 11.3 Å². The summed E-state index contributed by atoms with van der Waals surface area (Å²) < 4.78 is 9.97. The molecule has 11 nitrogen and oxygen atoms in total. The predicted molar refractivity (Wildman–Crippen MR) is 121 cm³/mol. The Morgan fingerprint density at radius 3 is 2.33 bits per heavy atom. The number of amides is 5. The molecule has 4 N–H and O–H groups in total. The van der Waals surface area contributed by atoms with E-state index in [0.29, 0.717) is 25.7 Å². The highest BCUT2D eigenvalue weighted by Gasteiger charge is 2.50. The Morgan fingerprint density at radius 2 is 1.79 bits per heavy atom. The fraction of sp³-hybridized carbons (Fsp3) is 0.571. The van der Waals surface area contributed by atoms with Gasteiger partial charge in [0.2, 0.25) is 5.91 Å². The maximum atomic E-state index is 13.0. The first-order valence-corrected chi connectivity index (χ1v) is 11.5. The number of thiophene rings is 1. The van der Waals surface area contributed by atoms with Gasteiger partial charge >= 0.3 is 12.0 Å². The molecule has 0 saturated carbocycles. The second-order valence-electron chi connectivity index (χ2n) is 7.71. The fourth-order valence-corrected chi connectivity index (χ4v) is 4.88. The van der Waals surface area contributed by atoms with Crippen molar-refractivity contribution in [2.75, 3.05) is 32.2 Å². The Hall–Kier alpha value is -2.99. The van der Waals surface area contributed by atoms with Gasteiger partial charge in [-0.1, -0.05) is 26.7 Å². The molecule has 33 heavy (non-hydrogen) atoms. The van der Waals surface area contributed by atoms with Crippen LogP contribution in [-0.2, 0) is 19.1 Å². The number of carbonyl (C=O) groups excluding carboxylic acids is 5. The van der Waals surface area contributed by atoms with Gasteiger partial charge < -0.3 is 25.8 Å². The molecule has 0 aliphatic carbocycles. The third kappa shape index (κ3) is 5.69. The quantitative estimate of drug-likeness (QED) is 0.233. The van der Waals surface area contributed by atoms with Crippen molar-refractivity contribution < 1.29 is 33.4 Å². The summed E-state index contributed by atoms with van der Waals surface area (Å²) in [6, 6.07) is -0.642. The summed E-state index contributed by atoms with van der Waals surface area (Å²) in [4.78, 5) is 63.5. The van der Waals surface area contributed by atoms with E-state index >= 15 is 0 Å². The van der Waals surface area contributed by atoms with Gasteiger partial charge in [-0.3, -0.25) is 19.3 Å². The van der Waals surface area contributed by atoms with Gasteiger partial charge in [0.15, 0.2) is 0 Å². The zero-order chi connectivity index (χ0) is 24.8. The number of carbonyl (C=O) groups is 5. The molecule has 182 valence electrons. The minimum atomic E-state index is -1.02. The van der Waals surface area contributed by atoms with Crippen LogP contribution >= 0.6 is 11.3 Å². The predicted octanol–water partition coefficient (Wildman–Crippen LogP) is 1.79. The Kier molecular flexibility index (Phi) is 8.94. The third-order valence-electron chi connectivity index (χ3n) is 5.25. The molecule has 2 heterocycles. The lowest BCUT2D eigenvalue weighted by molar-refractivity contribution is -0.134. The average molecular weight is 483 g/mol. The van der Waals surface area contributed by atoms with Crippen LogP contribution in [0.25, 0.3) is 0 Å². The first-order chi connectivity index (χ1) is 15.6. The second-order valence-corrected chi connectivity index (χ2v) is 8.73. The molecule has 1 aromatic heterocycles. The lowest BCUT2D eigenvalue weighted by atomic mass is 9.88. The summed E-state index contributed by atoms with van der Waals surface area (Å²) in [5.74, 6) is -2.68. The molecule has 1 fully saturated rings. The lowest BCUT2D eigenvalue weighted by Crippen LogP contribution is -2.47. The van der Waals surface area contributed by atoms with Gasteiger partial charge in [0, 0.05) is 7.11 Å². The topological polar surface area (TPSA) is 157 Å². The number of imide groups is 1. The molecule has 0 aromatic carbocycles. The normalized spacial score (nSPS) is 14.8. The summed E-state index contributed by atoms with van der Waals surface area (Å²) in [6.45, 7) is 4.94. The number of anilines is 1. The van der Waals surface area contributed by atoms with Crippen LogP contribution in [0.5, 0.6) is 0 Å². The van der Waals surface area contributed by atoms with E-state index in [4.69, 9.17) is 15.2 Å². The maximum Gasteiger partial charge on any atom is 0.341 e. The molecule has 12 heteroatoms. The van der Waals surface area contributed by atoms with Gasteiger partial charge in [0.25, 0.3) is 11.8 Å². The standard InChI is InChI=1S/C21H30N4O7S/c1-5-7-21(8-6-2)19(29)25(20(30)24-21)11-13(26)23-17-14(18(28)32-10-9-31-4)12(3)15(33-17)16(22)27/h5-11H2,1-4H3,(H2,22,27)(H,23,26)(H,24,30). The number of nitrogens with two attached hydrogens (primary N) is 1. The maximum absolute atomic E-state index is 13.0. The van der Waals surface area contributed by atoms with Crippen LogP contribution in [0.1, 0.15) is 65.1 Å². The van der Waals surface area contributed by atoms with E-state index in [-0.39, 0.29) is 34.2 Å². The SMILES string of the molecule is CCCC1(CCC)NC(=O)N(CC(=O)Nc2sc(C(N)=O)c(C)c2C(=O)OCCOC)C1=O. The molecule has 0 unspecified atom stereocenters. The van der Waals surface area contributed by atoms with E-state index in [1.54, 1.807) is 0 Å². The molecule has 0 spiro atoms. The molecular formula is C21H30N4O7S. The number of hydrogen-bond donors (Lipinski definition) is 3. The van der Waals surface area contributed by atoms with E-state index in [2.05, 4.69) is 10.6 Å². The average Bonchev–Trinajstić information content (AvgIpc) is 3.18. The lowest BCUT2D eigenvalue weighted by Gasteiger charge is -2.25. The number of methoxy groups -OCH3 is 1. The summed E-state index contributed by atoms with van der Waals surface area (Å²) in [5.41, 5.74) is 4.62. The van der Waals surface area contributed by atoms with Crippen LogP contribution in [0.15, 0.2) is 0 Å². The van der Waals surface area contributed by atoms with Crippen LogP contribution in [0, 0.1) is 6.92 Å². The van der Waals surface area contributed by atoms with Crippen molar-refractivity contribution in [2.24, 2.45) is 5.73 Å². The number of urea groups is 1. The van der Waals surface area contributed by atoms with Gasteiger partial charge in [-0.05, 0) is 25.3 Å². The fourth-order valence-electron chi connectivity index (χ4n) is 3.82. The largest absolute Gasteiger partial charge is 0.460 e. The zero-order valence-electron chi connectivity index (χ0n) is 19.2. The number of esters is 1. The zero-order valence-corrected chi connectivity index (χ0v) is 20.1. The molecule has 0 radical (unpaired) electrons. The number of primary amides is 1. The third-order valence-corrected chi connectivity index (χ3v) is 6.47. The van der Waals surface area contributed by atoms with Crippen molar-refractivity contribution >= 4 is 46.1 Å². The van der Waals surface area contributed by atoms with E-state index in [0.717, 1.165) is 16.2 Å². The molecule has 2 rings (SSSR count). The Labute approximate surface area is 196 Å². The van der Waals surface area contributed by atoms with Crippen molar-refractivity contribution in [3.05, 3.63) is 16.0 Å². The van der Waals surface area contributed by atoms with Crippen LogP contribution in [0.2, 0.25) is 0 Å². The Morgan fingerprint density at radius 1 is 1.15 bits per heavy atom. The molecule has 1 aromatic rings. The minimum absolute atomic E-state index is 0.0123. The summed E-state index contributed by atoms with van der Waals surface area (Å²) in [5, 5.41) is 5.31. The first-order valence-electron chi connectivity index (χ1n) is 10.6. The van der Waals surface area contributed by atoms with Gasteiger partial charge in [0.1, 0.15) is 23.7 Å². The van der Waals surface area contributed by atoms with Crippen molar-refractivity contribution in [3.63, 3.8) is 0 Å². The number of nitrogens with zero attached hydrogens (tertiary/aromatic N) is 1. The number of rotatable bonds is 12. The van der Waals surface area contributed by atoms with Crippen LogP contribution in [0.3, 0.4) is 0 Å². The summed E-state index contributed by atoms with van der Waals surface area (Å²) >= 11 is 0.823. The Bertz CT molecular complexity index is 937. The minimum Gasteiger partial charge on any atom is -0.460 e. The smallest absolute Gasteiger partial charge is 0.341 e. The van der Waals surface area contributed by atoms with E-state index in [1.165, 1.54) is 14.0 Å². The summed E-state index contributed by atoms with van der Waals surface area (Å²) in [6.07, 6.45) is 2.30. The van der Waals surface area contributed by atoms with Gasteiger partial charge in [0.05, 0.1) is 17.0 Å². The number of hydrogen-bond acceptors (Lipinski definition) is 8. The highest BCUT2D eigenvalue weighted by atomic mass is 32.1. The van der Waals surface area contributed by atoms with Crippen molar-refractivity contribution in [1.82, 2.24) is 10.2 Å². The second kappa shape index (κ2) is 11.2. The molecule has 0 bridgehead atoms. The number of nitrogens with one attached hydrogen (secondary N) is 2. The van der Waals surface area contributed by atoms with Gasteiger partial charge in [-0.2, -0.15) is 0 Å². The highest BCUT2D eigenvalue weighted by Crippen LogP contribution is 2.34. The molecule has 1 aliphatic heterocycles. The molecule has 0 atom stereocenters. The highest BCUT2D eigenvalue weighted by molar-refractivity contribution is 7.18. The van der Waals surface area contributed by atoms with Crippen molar-refractivity contribution in [1.29, 1.82) is 0 Å². The van der Waals surface area contributed by atoms with E-state index in [1.807, 2.05) is 13.8 Å². The first kappa shape index (κ1) is 26.3. The molecule has 1 saturated heterocycles. The number of ether oxygens (including phenoxy) is 2. The Balaban J connectivity index is 2.23. The van der Waals surface area contributed by atoms with Crippen LogP contribution < -0.4 is 16.4 Å². The summed E-state index contributed by atoms with van der Waals surface area (Å²) in [7, 11) is 1.45.